The zero-order chi connectivity index (χ0) is 22.7. The van der Waals surface area contributed by atoms with Crippen LogP contribution in [-0.2, 0) is 5.41 Å². The van der Waals surface area contributed by atoms with Crippen LogP contribution in [0.15, 0.2) is 54.7 Å². The normalized spacial score (nSPS) is 15.5. The van der Waals surface area contributed by atoms with Crippen LogP contribution in [0.1, 0.15) is 56.2 Å². The average Bonchev–Trinajstić information content (AvgIpc) is 2.77. The first-order valence-electron chi connectivity index (χ1n) is 11.5. The topological polar surface area (TPSA) is 53.1 Å². The first-order chi connectivity index (χ1) is 15.3. The van der Waals surface area contributed by atoms with Gasteiger partial charge in [0.25, 0.3) is 0 Å². The Labute approximate surface area is 192 Å². The summed E-state index contributed by atoms with van der Waals surface area (Å²) in [6, 6.07) is 17.3. The largest absolute Gasteiger partial charge is 0.340 e. The van der Waals surface area contributed by atoms with Crippen LogP contribution in [0, 0.1) is 6.92 Å². The number of nitrogens with one attached hydrogen (secondary N) is 2. The Morgan fingerprint density at radius 1 is 0.938 bits per heavy atom. The molecule has 168 valence electrons. The fraction of sp³-hybridized carbons (Fsp3) is 0.407. The molecule has 2 heterocycles. The molecule has 1 fully saturated rings. The summed E-state index contributed by atoms with van der Waals surface area (Å²) in [7, 11) is 2.20. The number of aryl methyl sites for hydroxylation is 1. The van der Waals surface area contributed by atoms with Crippen molar-refractivity contribution in [1.29, 1.82) is 0 Å². The van der Waals surface area contributed by atoms with Crippen LogP contribution >= 0.6 is 0 Å². The molecule has 2 N–H and O–H groups in total. The minimum atomic E-state index is 0.102. The van der Waals surface area contributed by atoms with Gasteiger partial charge in [0.1, 0.15) is 5.82 Å². The molecule has 0 unspecified atom stereocenters. The predicted molar refractivity (Wildman–Crippen MR) is 134 cm³/mol. The van der Waals surface area contributed by atoms with Crippen molar-refractivity contribution in [3.05, 3.63) is 71.4 Å². The Morgan fingerprint density at radius 2 is 1.66 bits per heavy atom. The molecule has 0 saturated carbocycles. The van der Waals surface area contributed by atoms with E-state index in [0.29, 0.717) is 11.9 Å². The smallest absolute Gasteiger partial charge is 0.229 e. The van der Waals surface area contributed by atoms with Crippen LogP contribution < -0.4 is 10.6 Å². The Hall–Kier alpha value is -2.92. The Bertz CT molecular complexity index is 1040. The van der Waals surface area contributed by atoms with Crippen molar-refractivity contribution < 1.29 is 0 Å². The van der Waals surface area contributed by atoms with Gasteiger partial charge in [-0.3, -0.25) is 0 Å². The number of hydrogen-bond acceptors (Lipinski definition) is 5. The van der Waals surface area contributed by atoms with Crippen LogP contribution in [-0.4, -0.2) is 35.0 Å². The SMILES string of the molecule is Cc1cnc(Nc2ccc(C3CCN(C)CC3)cc2)nc1Nc1cccc(C(C)(C)C)c1. The Balaban J connectivity index is 1.46. The molecule has 32 heavy (non-hydrogen) atoms. The summed E-state index contributed by atoms with van der Waals surface area (Å²) in [6.07, 6.45) is 4.32. The molecule has 0 aliphatic carbocycles. The lowest BCUT2D eigenvalue weighted by atomic mass is 9.87. The van der Waals surface area contributed by atoms with Crippen molar-refractivity contribution in [2.45, 2.75) is 51.9 Å². The van der Waals surface area contributed by atoms with E-state index in [0.717, 1.165) is 22.8 Å². The highest BCUT2D eigenvalue weighted by atomic mass is 15.1. The summed E-state index contributed by atoms with van der Waals surface area (Å²) < 4.78 is 0. The second-order valence-electron chi connectivity index (χ2n) is 10.0. The van der Waals surface area contributed by atoms with Gasteiger partial charge >= 0.3 is 0 Å². The highest BCUT2D eigenvalue weighted by Gasteiger charge is 2.18. The minimum absolute atomic E-state index is 0.102. The fourth-order valence-corrected chi connectivity index (χ4v) is 4.14. The molecule has 1 saturated heterocycles. The number of aromatic nitrogens is 2. The molecule has 0 atom stereocenters. The molecule has 5 nitrogen and oxygen atoms in total. The van der Waals surface area contributed by atoms with Crippen molar-refractivity contribution in [3.8, 4) is 0 Å². The van der Waals surface area contributed by atoms with E-state index in [1.165, 1.54) is 37.1 Å². The lowest BCUT2D eigenvalue weighted by Gasteiger charge is -2.29. The molecule has 3 aromatic rings. The predicted octanol–water partition coefficient (Wildman–Crippen LogP) is 6.38. The van der Waals surface area contributed by atoms with E-state index in [1.807, 2.05) is 13.1 Å². The summed E-state index contributed by atoms with van der Waals surface area (Å²) in [5.41, 5.74) is 5.87. The summed E-state index contributed by atoms with van der Waals surface area (Å²) in [5, 5.41) is 6.83. The molecular formula is C27H35N5. The maximum absolute atomic E-state index is 4.74. The van der Waals surface area contributed by atoms with E-state index in [1.54, 1.807) is 0 Å². The maximum Gasteiger partial charge on any atom is 0.229 e. The number of anilines is 4. The van der Waals surface area contributed by atoms with Crippen LogP contribution in [0.3, 0.4) is 0 Å². The highest BCUT2D eigenvalue weighted by Crippen LogP contribution is 2.29. The summed E-state index contributed by atoms with van der Waals surface area (Å²) in [4.78, 5) is 11.6. The van der Waals surface area contributed by atoms with Crippen LogP contribution in [0.4, 0.5) is 23.1 Å². The molecule has 5 heteroatoms. The second kappa shape index (κ2) is 9.29. The highest BCUT2D eigenvalue weighted by molar-refractivity contribution is 5.63. The molecule has 4 rings (SSSR count). The fourth-order valence-electron chi connectivity index (χ4n) is 4.14. The molecule has 0 amide bonds. The van der Waals surface area contributed by atoms with Gasteiger partial charge in [0.15, 0.2) is 0 Å². The summed E-state index contributed by atoms with van der Waals surface area (Å²) in [6.45, 7) is 11.1. The molecule has 2 aromatic carbocycles. The number of benzene rings is 2. The quantitative estimate of drug-likeness (QED) is 0.493. The van der Waals surface area contributed by atoms with Gasteiger partial charge < -0.3 is 15.5 Å². The zero-order valence-electron chi connectivity index (χ0n) is 19.9. The molecule has 0 radical (unpaired) electrons. The first-order valence-corrected chi connectivity index (χ1v) is 11.5. The van der Waals surface area contributed by atoms with E-state index in [2.05, 4.69) is 96.9 Å². The van der Waals surface area contributed by atoms with Gasteiger partial charge in [0.05, 0.1) is 0 Å². The van der Waals surface area contributed by atoms with Crippen LogP contribution in [0.5, 0.6) is 0 Å². The molecule has 0 bridgehead atoms. The number of rotatable bonds is 5. The number of nitrogens with zero attached hydrogens (tertiary/aromatic N) is 3. The van der Waals surface area contributed by atoms with E-state index in [9.17, 15) is 0 Å². The van der Waals surface area contributed by atoms with Gasteiger partial charge in [-0.05, 0) is 86.6 Å². The van der Waals surface area contributed by atoms with E-state index >= 15 is 0 Å². The lowest BCUT2D eigenvalue weighted by Crippen LogP contribution is -2.29. The number of hydrogen-bond donors (Lipinski definition) is 2. The lowest BCUT2D eigenvalue weighted by molar-refractivity contribution is 0.255. The van der Waals surface area contributed by atoms with E-state index < -0.39 is 0 Å². The number of piperidine rings is 1. The van der Waals surface area contributed by atoms with Crippen molar-refractivity contribution in [2.24, 2.45) is 0 Å². The van der Waals surface area contributed by atoms with Crippen LogP contribution in [0.25, 0.3) is 0 Å². The third kappa shape index (κ3) is 5.46. The van der Waals surface area contributed by atoms with Gasteiger partial charge in [-0.15, -0.1) is 0 Å². The molecule has 1 aliphatic rings. The van der Waals surface area contributed by atoms with E-state index in [4.69, 9.17) is 4.98 Å². The third-order valence-corrected chi connectivity index (χ3v) is 6.32. The minimum Gasteiger partial charge on any atom is -0.340 e. The van der Waals surface area contributed by atoms with Gasteiger partial charge in [-0.1, -0.05) is 45.0 Å². The Morgan fingerprint density at radius 3 is 2.34 bits per heavy atom. The van der Waals surface area contributed by atoms with Gasteiger partial charge in [0.2, 0.25) is 5.95 Å². The Kier molecular flexibility index (Phi) is 6.47. The van der Waals surface area contributed by atoms with Crippen LogP contribution in [0.2, 0.25) is 0 Å². The maximum atomic E-state index is 4.74. The van der Waals surface area contributed by atoms with E-state index in [-0.39, 0.29) is 5.41 Å². The molecule has 0 spiro atoms. The average molecular weight is 430 g/mol. The monoisotopic (exact) mass is 429 g/mol. The molecule has 1 aromatic heterocycles. The van der Waals surface area contributed by atoms with Crippen molar-refractivity contribution >= 4 is 23.1 Å². The van der Waals surface area contributed by atoms with Crippen molar-refractivity contribution in [2.75, 3.05) is 30.8 Å². The van der Waals surface area contributed by atoms with Crippen molar-refractivity contribution in [3.63, 3.8) is 0 Å². The van der Waals surface area contributed by atoms with Crippen molar-refractivity contribution in [1.82, 2.24) is 14.9 Å². The molecular weight excluding hydrogens is 394 g/mol. The second-order valence-corrected chi connectivity index (χ2v) is 10.0. The van der Waals surface area contributed by atoms with Gasteiger partial charge in [0, 0.05) is 23.1 Å². The number of likely N-dealkylation sites (tertiary alicyclic amines) is 1. The zero-order valence-corrected chi connectivity index (χ0v) is 19.9. The summed E-state index contributed by atoms with van der Waals surface area (Å²) >= 11 is 0. The summed E-state index contributed by atoms with van der Waals surface area (Å²) in [5.74, 6) is 2.07. The van der Waals surface area contributed by atoms with Gasteiger partial charge in [-0.2, -0.15) is 4.98 Å². The van der Waals surface area contributed by atoms with Gasteiger partial charge in [-0.25, -0.2) is 4.98 Å². The standard InChI is InChI=1S/C27H35N5/c1-19-18-28-26(31-25(19)29-24-8-6-7-22(17-24)27(2,3)4)30-23-11-9-20(10-12-23)21-13-15-32(5)16-14-21/h6-12,17-18,21H,13-16H2,1-5H3,(H2,28,29,30,31). The third-order valence-electron chi connectivity index (χ3n) is 6.32. The first kappa shape index (κ1) is 22.3. The molecule has 1 aliphatic heterocycles.